The van der Waals surface area contributed by atoms with E-state index in [1.54, 1.807) is 0 Å². The predicted molar refractivity (Wildman–Crippen MR) is 35.4 cm³/mol. The number of epoxide rings is 1. The average Bonchev–Trinajstić information content (AvgIpc) is 2.50. The van der Waals surface area contributed by atoms with E-state index in [0.717, 1.165) is 19.6 Å². The smallest absolute Gasteiger partial charge is 0.0834 e. The van der Waals surface area contributed by atoms with Gasteiger partial charge in [0.25, 0.3) is 0 Å². The molecule has 1 saturated heterocycles. The average molecular weight is 130 g/mol. The van der Waals surface area contributed by atoms with Crippen LogP contribution in [-0.4, -0.2) is 25.4 Å². The third-order valence-electron chi connectivity index (χ3n) is 1.45. The molecule has 1 aliphatic rings. The molecule has 1 unspecified atom stereocenters. The maximum absolute atomic E-state index is 5.31. The third-order valence-corrected chi connectivity index (χ3v) is 1.45. The molecule has 9 heavy (non-hydrogen) atoms. The van der Waals surface area contributed by atoms with E-state index in [9.17, 15) is 0 Å². The fourth-order valence-electron chi connectivity index (χ4n) is 0.927. The van der Waals surface area contributed by atoms with E-state index in [0.29, 0.717) is 12.2 Å². The van der Waals surface area contributed by atoms with Crippen molar-refractivity contribution in [1.29, 1.82) is 0 Å². The van der Waals surface area contributed by atoms with Crippen LogP contribution in [0.2, 0.25) is 0 Å². The quantitative estimate of drug-likeness (QED) is 0.533. The van der Waals surface area contributed by atoms with Crippen LogP contribution in [0.4, 0.5) is 0 Å². The van der Waals surface area contributed by atoms with Crippen LogP contribution in [0.3, 0.4) is 0 Å². The molecule has 1 heterocycles. The van der Waals surface area contributed by atoms with Gasteiger partial charge in [-0.3, -0.25) is 0 Å². The first kappa shape index (κ1) is 7.03. The van der Waals surface area contributed by atoms with E-state index in [2.05, 4.69) is 6.92 Å². The summed E-state index contributed by atoms with van der Waals surface area (Å²) in [5.74, 6) is 0. The van der Waals surface area contributed by atoms with Crippen molar-refractivity contribution in [2.75, 3.05) is 13.2 Å². The summed E-state index contributed by atoms with van der Waals surface area (Å²) in [4.78, 5) is 0. The Bertz CT molecular complexity index is 79.0. The van der Waals surface area contributed by atoms with Gasteiger partial charge >= 0.3 is 0 Å². The lowest BCUT2D eigenvalue weighted by Crippen LogP contribution is -2.10. The Hall–Kier alpha value is -0.0800. The van der Waals surface area contributed by atoms with Crippen LogP contribution in [0.25, 0.3) is 0 Å². The van der Waals surface area contributed by atoms with Gasteiger partial charge in [0, 0.05) is 13.0 Å². The highest BCUT2D eigenvalue weighted by atomic mass is 16.6. The first-order valence-corrected chi connectivity index (χ1v) is 3.56. The van der Waals surface area contributed by atoms with Gasteiger partial charge in [-0.15, -0.1) is 0 Å². The molecule has 0 radical (unpaired) electrons. The van der Waals surface area contributed by atoms with Gasteiger partial charge in [-0.2, -0.15) is 0 Å². The fraction of sp³-hybridized carbons (Fsp3) is 1.00. The summed E-state index contributed by atoms with van der Waals surface area (Å²) in [6, 6.07) is 0. The Labute approximate surface area is 56.2 Å². The van der Waals surface area contributed by atoms with Crippen molar-refractivity contribution in [1.82, 2.24) is 0 Å². The molecular formula is C7H14O2. The van der Waals surface area contributed by atoms with Crippen molar-refractivity contribution < 1.29 is 9.47 Å². The van der Waals surface area contributed by atoms with Gasteiger partial charge in [0.05, 0.1) is 18.8 Å². The van der Waals surface area contributed by atoms with Crippen LogP contribution < -0.4 is 0 Å². The molecule has 0 aromatic carbocycles. The number of ether oxygens (including phenoxy) is 2. The molecule has 1 rings (SSSR count). The molecule has 0 saturated carbocycles. The van der Waals surface area contributed by atoms with Crippen molar-refractivity contribution in [2.45, 2.75) is 32.5 Å². The van der Waals surface area contributed by atoms with Crippen molar-refractivity contribution in [3.63, 3.8) is 0 Å². The van der Waals surface area contributed by atoms with Gasteiger partial charge in [-0.1, -0.05) is 0 Å². The van der Waals surface area contributed by atoms with Crippen LogP contribution in [0, 0.1) is 0 Å². The van der Waals surface area contributed by atoms with E-state index in [-0.39, 0.29) is 0 Å². The maximum atomic E-state index is 5.31. The topological polar surface area (TPSA) is 21.8 Å². The second-order valence-corrected chi connectivity index (χ2v) is 2.46. The SMILES string of the molecule is CCOC(C)C[C@@H]1CO1. The molecule has 2 atom stereocenters. The van der Waals surface area contributed by atoms with Gasteiger partial charge in [0.15, 0.2) is 0 Å². The van der Waals surface area contributed by atoms with E-state index in [1.807, 2.05) is 6.92 Å². The Balaban J connectivity index is 1.95. The molecule has 2 nitrogen and oxygen atoms in total. The molecule has 0 spiro atoms. The van der Waals surface area contributed by atoms with Crippen LogP contribution in [-0.2, 0) is 9.47 Å². The number of hydrogen-bond acceptors (Lipinski definition) is 2. The minimum absolute atomic E-state index is 0.377. The summed E-state index contributed by atoms with van der Waals surface area (Å²) in [7, 11) is 0. The standard InChI is InChI=1S/C7H14O2/c1-3-8-6(2)4-7-5-9-7/h6-7H,3-5H2,1-2H3/t6?,7-/m1/s1. The van der Waals surface area contributed by atoms with Crippen molar-refractivity contribution >= 4 is 0 Å². The molecule has 54 valence electrons. The van der Waals surface area contributed by atoms with E-state index in [4.69, 9.17) is 9.47 Å². The van der Waals surface area contributed by atoms with Gasteiger partial charge in [-0.25, -0.2) is 0 Å². The normalized spacial score (nSPS) is 28.0. The minimum Gasteiger partial charge on any atom is -0.379 e. The van der Waals surface area contributed by atoms with Crippen LogP contribution in [0.5, 0.6) is 0 Å². The van der Waals surface area contributed by atoms with Gasteiger partial charge in [-0.05, 0) is 13.8 Å². The summed E-state index contributed by atoms with van der Waals surface area (Å²) < 4.78 is 10.4. The van der Waals surface area contributed by atoms with Crippen molar-refractivity contribution in [3.05, 3.63) is 0 Å². The van der Waals surface area contributed by atoms with Crippen molar-refractivity contribution in [2.24, 2.45) is 0 Å². The number of hydrogen-bond donors (Lipinski definition) is 0. The van der Waals surface area contributed by atoms with E-state index >= 15 is 0 Å². The first-order chi connectivity index (χ1) is 4.33. The molecule has 2 heteroatoms. The monoisotopic (exact) mass is 130 g/mol. The van der Waals surface area contributed by atoms with E-state index in [1.165, 1.54) is 0 Å². The molecule has 0 N–H and O–H groups in total. The van der Waals surface area contributed by atoms with Crippen LogP contribution in [0.1, 0.15) is 20.3 Å². The van der Waals surface area contributed by atoms with Gasteiger partial charge in [0.1, 0.15) is 0 Å². The number of rotatable bonds is 4. The zero-order valence-corrected chi connectivity index (χ0v) is 6.09. The summed E-state index contributed by atoms with van der Waals surface area (Å²) >= 11 is 0. The Morgan fingerprint density at radius 2 is 2.44 bits per heavy atom. The molecule has 1 aliphatic heterocycles. The highest BCUT2D eigenvalue weighted by Crippen LogP contribution is 2.16. The Kier molecular flexibility index (Phi) is 2.49. The zero-order chi connectivity index (χ0) is 6.69. The molecule has 0 aromatic rings. The molecule has 0 aliphatic carbocycles. The lowest BCUT2D eigenvalue weighted by molar-refractivity contribution is 0.0646. The molecule has 0 bridgehead atoms. The Morgan fingerprint density at radius 1 is 1.78 bits per heavy atom. The lowest BCUT2D eigenvalue weighted by atomic mass is 10.2. The molecular weight excluding hydrogens is 116 g/mol. The predicted octanol–water partition coefficient (Wildman–Crippen LogP) is 1.20. The highest BCUT2D eigenvalue weighted by Gasteiger charge is 2.24. The van der Waals surface area contributed by atoms with Gasteiger partial charge < -0.3 is 9.47 Å². The Morgan fingerprint density at radius 3 is 2.89 bits per heavy atom. The largest absolute Gasteiger partial charge is 0.379 e. The second-order valence-electron chi connectivity index (χ2n) is 2.46. The van der Waals surface area contributed by atoms with Crippen LogP contribution >= 0.6 is 0 Å². The maximum Gasteiger partial charge on any atom is 0.0834 e. The minimum atomic E-state index is 0.377. The third kappa shape index (κ3) is 2.82. The molecule has 1 fully saturated rings. The van der Waals surface area contributed by atoms with Gasteiger partial charge in [0.2, 0.25) is 0 Å². The van der Waals surface area contributed by atoms with Crippen molar-refractivity contribution in [3.8, 4) is 0 Å². The highest BCUT2D eigenvalue weighted by molar-refractivity contribution is 4.71. The summed E-state index contributed by atoms with van der Waals surface area (Å²) in [5, 5.41) is 0. The first-order valence-electron chi connectivity index (χ1n) is 3.56. The lowest BCUT2D eigenvalue weighted by Gasteiger charge is -2.07. The fourth-order valence-corrected chi connectivity index (χ4v) is 0.927. The molecule has 0 aromatic heterocycles. The second kappa shape index (κ2) is 3.18. The summed E-state index contributed by atoms with van der Waals surface area (Å²) in [6.07, 6.45) is 1.95. The summed E-state index contributed by atoms with van der Waals surface area (Å²) in [6.45, 7) is 5.86. The summed E-state index contributed by atoms with van der Waals surface area (Å²) in [5.41, 5.74) is 0. The van der Waals surface area contributed by atoms with Crippen LogP contribution in [0.15, 0.2) is 0 Å². The van der Waals surface area contributed by atoms with E-state index < -0.39 is 0 Å². The zero-order valence-electron chi connectivity index (χ0n) is 6.09. The molecule has 0 amide bonds.